The summed E-state index contributed by atoms with van der Waals surface area (Å²) in [6.07, 6.45) is 0.765. The monoisotopic (exact) mass is 479 g/mol. The van der Waals surface area contributed by atoms with Crippen LogP contribution in [-0.2, 0) is 14.8 Å². The van der Waals surface area contributed by atoms with Crippen LogP contribution in [0.5, 0.6) is 11.5 Å². The highest BCUT2D eigenvalue weighted by Gasteiger charge is 2.32. The van der Waals surface area contributed by atoms with Crippen molar-refractivity contribution in [2.75, 3.05) is 34.7 Å². The molecule has 0 bridgehead atoms. The molecule has 0 fully saturated rings. The Bertz CT molecular complexity index is 1390. The van der Waals surface area contributed by atoms with E-state index < -0.39 is 21.8 Å². The number of fused-ring (bicyclic) bond motifs is 2. The summed E-state index contributed by atoms with van der Waals surface area (Å²) in [6, 6.07) is 17.4. The molecule has 34 heavy (non-hydrogen) atoms. The number of nitrogens with zero attached hydrogens (tertiary/aromatic N) is 1. The van der Waals surface area contributed by atoms with E-state index in [1.807, 2.05) is 0 Å². The van der Waals surface area contributed by atoms with E-state index in [1.54, 1.807) is 42.5 Å². The van der Waals surface area contributed by atoms with Crippen molar-refractivity contribution in [3.63, 3.8) is 0 Å². The van der Waals surface area contributed by atoms with Crippen molar-refractivity contribution in [1.82, 2.24) is 0 Å². The van der Waals surface area contributed by atoms with Crippen molar-refractivity contribution in [2.45, 2.75) is 11.3 Å². The van der Waals surface area contributed by atoms with Crippen molar-refractivity contribution in [3.8, 4) is 11.5 Å². The van der Waals surface area contributed by atoms with Crippen LogP contribution in [0, 0.1) is 0 Å². The molecule has 0 aliphatic carbocycles. The lowest BCUT2D eigenvalue weighted by atomic mass is 10.2. The molecule has 0 aromatic heterocycles. The van der Waals surface area contributed by atoms with Crippen LogP contribution in [0.25, 0.3) is 0 Å². The Morgan fingerprint density at radius 1 is 0.941 bits per heavy atom. The van der Waals surface area contributed by atoms with Gasteiger partial charge in [0.2, 0.25) is 5.91 Å². The van der Waals surface area contributed by atoms with Gasteiger partial charge in [0.25, 0.3) is 15.9 Å². The van der Waals surface area contributed by atoms with E-state index in [1.165, 1.54) is 24.3 Å². The van der Waals surface area contributed by atoms with Gasteiger partial charge in [-0.2, -0.15) is 0 Å². The van der Waals surface area contributed by atoms with Crippen LogP contribution < -0.4 is 24.4 Å². The first-order chi connectivity index (χ1) is 16.4. The summed E-state index contributed by atoms with van der Waals surface area (Å²) in [7, 11) is -4.10. The molecule has 2 N–H and O–H groups in total. The summed E-state index contributed by atoms with van der Waals surface area (Å²) >= 11 is 0. The van der Waals surface area contributed by atoms with Crippen LogP contribution in [0.2, 0.25) is 0 Å². The molecule has 0 saturated heterocycles. The second-order valence-corrected chi connectivity index (χ2v) is 9.63. The van der Waals surface area contributed by atoms with Crippen LogP contribution >= 0.6 is 0 Å². The average Bonchev–Trinajstić information content (AvgIpc) is 3.08. The molecular formula is C24H21N3O6S. The third kappa shape index (κ3) is 4.15. The lowest BCUT2D eigenvalue weighted by Crippen LogP contribution is -2.42. The van der Waals surface area contributed by atoms with Crippen LogP contribution in [-0.4, -0.2) is 40.0 Å². The first kappa shape index (κ1) is 21.8. The fourth-order valence-corrected chi connectivity index (χ4v) is 5.27. The molecule has 3 aromatic carbocycles. The molecular weight excluding hydrogens is 458 g/mol. The number of benzene rings is 3. The Kier molecular flexibility index (Phi) is 5.58. The molecule has 0 spiro atoms. The van der Waals surface area contributed by atoms with E-state index in [0.717, 1.165) is 10.7 Å². The Morgan fingerprint density at radius 2 is 1.74 bits per heavy atom. The van der Waals surface area contributed by atoms with E-state index in [4.69, 9.17) is 9.47 Å². The predicted octanol–water partition coefficient (Wildman–Crippen LogP) is 3.25. The van der Waals surface area contributed by atoms with E-state index in [-0.39, 0.29) is 17.0 Å². The molecule has 174 valence electrons. The minimum Gasteiger partial charge on any atom is -0.490 e. The van der Waals surface area contributed by atoms with E-state index in [2.05, 4.69) is 10.6 Å². The summed E-state index contributed by atoms with van der Waals surface area (Å²) < 4.78 is 39.1. The van der Waals surface area contributed by atoms with Gasteiger partial charge in [0, 0.05) is 23.7 Å². The smallest absolute Gasteiger partial charge is 0.264 e. The molecule has 0 saturated carbocycles. The maximum atomic E-state index is 13.4. The van der Waals surface area contributed by atoms with Crippen molar-refractivity contribution in [1.29, 1.82) is 0 Å². The average molecular weight is 480 g/mol. The normalized spacial score (nSPS) is 15.1. The molecule has 3 aromatic rings. The first-order valence-electron chi connectivity index (χ1n) is 10.6. The van der Waals surface area contributed by atoms with Gasteiger partial charge in [0.15, 0.2) is 11.5 Å². The number of rotatable bonds is 4. The van der Waals surface area contributed by atoms with Crippen LogP contribution in [0.1, 0.15) is 16.8 Å². The molecule has 0 unspecified atom stereocenters. The predicted molar refractivity (Wildman–Crippen MR) is 126 cm³/mol. The van der Waals surface area contributed by atoms with Gasteiger partial charge >= 0.3 is 0 Å². The van der Waals surface area contributed by atoms with Crippen molar-refractivity contribution >= 4 is 38.9 Å². The highest BCUT2D eigenvalue weighted by Crippen LogP contribution is 2.34. The Balaban J connectivity index is 1.41. The highest BCUT2D eigenvalue weighted by molar-refractivity contribution is 7.92. The fraction of sp³-hybridized carbons (Fsp3) is 0.167. The van der Waals surface area contributed by atoms with Crippen molar-refractivity contribution < 1.29 is 27.5 Å². The number of amides is 2. The number of carbonyl (C=O) groups excluding carboxylic acids is 2. The number of para-hydroxylation sites is 2. The second kappa shape index (κ2) is 8.71. The van der Waals surface area contributed by atoms with Gasteiger partial charge in [0.05, 0.1) is 29.5 Å². The topological polar surface area (TPSA) is 114 Å². The molecule has 5 rings (SSSR count). The number of nitrogens with one attached hydrogen (secondary N) is 2. The Morgan fingerprint density at radius 3 is 2.59 bits per heavy atom. The zero-order valence-electron chi connectivity index (χ0n) is 18.0. The maximum absolute atomic E-state index is 13.4. The summed E-state index contributed by atoms with van der Waals surface area (Å²) in [6.45, 7) is 0.720. The number of carbonyl (C=O) groups is 2. The van der Waals surface area contributed by atoms with Gasteiger partial charge in [-0.15, -0.1) is 0 Å². The number of anilines is 3. The Hall–Kier alpha value is -4.05. The molecule has 2 amide bonds. The van der Waals surface area contributed by atoms with Gasteiger partial charge in [-0.1, -0.05) is 18.2 Å². The fourth-order valence-electron chi connectivity index (χ4n) is 3.79. The maximum Gasteiger partial charge on any atom is 0.264 e. The number of hydrogen-bond acceptors (Lipinski definition) is 6. The zero-order chi connectivity index (χ0) is 23.7. The van der Waals surface area contributed by atoms with E-state index >= 15 is 0 Å². The summed E-state index contributed by atoms with van der Waals surface area (Å²) in [4.78, 5) is 24.9. The number of sulfonamides is 1. The van der Waals surface area contributed by atoms with Gasteiger partial charge < -0.3 is 20.1 Å². The molecule has 0 radical (unpaired) electrons. The van der Waals surface area contributed by atoms with Gasteiger partial charge in [0.1, 0.15) is 6.54 Å². The number of ether oxygens (including phenoxy) is 2. The van der Waals surface area contributed by atoms with Gasteiger partial charge in [-0.3, -0.25) is 13.9 Å². The molecule has 0 atom stereocenters. The standard InChI is InChI=1S/C24H21N3O6S/c28-23-15-27(20-8-2-1-7-19(20)26-23)34(30,31)18-6-3-5-16(13-18)24(29)25-17-9-10-21-22(14-17)33-12-4-11-32-21/h1-3,5-10,13-14H,4,11-12,15H2,(H,25,29)(H,26,28). The largest absolute Gasteiger partial charge is 0.490 e. The first-order valence-corrected chi connectivity index (χ1v) is 12.1. The lowest BCUT2D eigenvalue weighted by Gasteiger charge is -2.30. The molecule has 2 aliphatic heterocycles. The van der Waals surface area contributed by atoms with Crippen molar-refractivity contribution in [2.24, 2.45) is 0 Å². The third-order valence-corrected chi connectivity index (χ3v) is 7.18. The molecule has 10 heteroatoms. The van der Waals surface area contributed by atoms with Crippen molar-refractivity contribution in [3.05, 3.63) is 72.3 Å². The SMILES string of the molecule is O=C1CN(S(=O)(=O)c2cccc(C(=O)Nc3ccc4c(c3)OCCCO4)c2)c2ccccc2N1. The summed E-state index contributed by atoms with van der Waals surface area (Å²) in [5.41, 5.74) is 1.42. The van der Waals surface area contributed by atoms with E-state index in [9.17, 15) is 18.0 Å². The van der Waals surface area contributed by atoms with Crippen LogP contribution in [0.3, 0.4) is 0 Å². The molecule has 2 aliphatic rings. The Labute approximate surface area is 196 Å². The van der Waals surface area contributed by atoms with Gasteiger partial charge in [-0.05, 0) is 42.5 Å². The lowest BCUT2D eigenvalue weighted by molar-refractivity contribution is -0.115. The molecule has 9 nitrogen and oxygen atoms in total. The zero-order valence-corrected chi connectivity index (χ0v) is 18.8. The third-order valence-electron chi connectivity index (χ3n) is 5.42. The highest BCUT2D eigenvalue weighted by atomic mass is 32.2. The number of hydrogen-bond donors (Lipinski definition) is 2. The van der Waals surface area contributed by atoms with Crippen LogP contribution in [0.4, 0.5) is 17.1 Å². The minimum atomic E-state index is -4.10. The quantitative estimate of drug-likeness (QED) is 0.594. The minimum absolute atomic E-state index is 0.0942. The van der Waals surface area contributed by atoms with Crippen LogP contribution in [0.15, 0.2) is 71.6 Å². The van der Waals surface area contributed by atoms with Gasteiger partial charge in [-0.25, -0.2) is 8.42 Å². The summed E-state index contributed by atoms with van der Waals surface area (Å²) in [5, 5.41) is 5.43. The summed E-state index contributed by atoms with van der Waals surface area (Å²) in [5.74, 6) is 0.219. The second-order valence-electron chi connectivity index (χ2n) is 7.77. The molecule has 2 heterocycles. The van der Waals surface area contributed by atoms with E-state index in [0.29, 0.717) is 41.8 Å².